The maximum absolute atomic E-state index is 5.18. The van der Waals surface area contributed by atoms with Crippen molar-refractivity contribution in [2.75, 3.05) is 32.2 Å². The Bertz CT molecular complexity index is 391. The summed E-state index contributed by atoms with van der Waals surface area (Å²) < 4.78 is 10.4. The average molecular weight is 252 g/mol. The van der Waals surface area contributed by atoms with Gasteiger partial charge in [0, 0.05) is 25.2 Å². The largest absolute Gasteiger partial charge is 0.481 e. The number of piperazine rings is 1. The van der Waals surface area contributed by atoms with Crippen molar-refractivity contribution < 1.29 is 9.47 Å². The molecule has 1 aliphatic heterocycles. The molecule has 0 radical (unpaired) electrons. The predicted octanol–water partition coefficient (Wildman–Crippen LogP) is 0.680. The molecule has 0 amide bonds. The van der Waals surface area contributed by atoms with Gasteiger partial charge in [0.25, 0.3) is 0 Å². The van der Waals surface area contributed by atoms with Crippen LogP contribution < -0.4 is 19.7 Å². The average Bonchev–Trinajstić information content (AvgIpc) is 2.40. The number of nitrogens with one attached hydrogen (secondary N) is 1. The van der Waals surface area contributed by atoms with Crippen molar-refractivity contribution >= 4 is 5.95 Å². The highest BCUT2D eigenvalue weighted by molar-refractivity contribution is 5.38. The molecule has 2 rings (SSSR count). The first-order chi connectivity index (χ1) is 8.63. The lowest BCUT2D eigenvalue weighted by atomic mass is 10.1. The van der Waals surface area contributed by atoms with E-state index in [-0.39, 0.29) is 0 Å². The van der Waals surface area contributed by atoms with Crippen molar-refractivity contribution in [1.29, 1.82) is 0 Å². The summed E-state index contributed by atoms with van der Waals surface area (Å²) in [7, 11) is 3.19. The van der Waals surface area contributed by atoms with E-state index in [1.165, 1.54) is 0 Å². The van der Waals surface area contributed by atoms with Crippen LogP contribution in [0.15, 0.2) is 6.07 Å². The van der Waals surface area contributed by atoms with Gasteiger partial charge < -0.3 is 19.7 Å². The first-order valence-electron chi connectivity index (χ1n) is 6.11. The minimum Gasteiger partial charge on any atom is -0.481 e. The number of hydrogen-bond donors (Lipinski definition) is 1. The summed E-state index contributed by atoms with van der Waals surface area (Å²) in [5, 5.41) is 3.43. The number of anilines is 1. The third kappa shape index (κ3) is 2.64. The third-order valence-corrected chi connectivity index (χ3v) is 3.11. The fraction of sp³-hybridized carbons (Fsp3) is 0.667. The normalized spacial score (nSPS) is 23.9. The lowest BCUT2D eigenvalue weighted by Gasteiger charge is -2.37. The van der Waals surface area contributed by atoms with Crippen LogP contribution in [0.4, 0.5) is 5.95 Å². The van der Waals surface area contributed by atoms with Crippen molar-refractivity contribution in [3.63, 3.8) is 0 Å². The topological polar surface area (TPSA) is 59.5 Å². The molecule has 0 spiro atoms. The summed E-state index contributed by atoms with van der Waals surface area (Å²) in [4.78, 5) is 11.0. The zero-order chi connectivity index (χ0) is 13.1. The van der Waals surface area contributed by atoms with Gasteiger partial charge in [0.1, 0.15) is 0 Å². The molecule has 0 aliphatic carbocycles. The standard InChI is InChI=1S/C12H20N4O2/c1-8-7-16(9(2)6-13-8)12-14-10(17-3)5-11(15-12)18-4/h5,8-9,13H,6-7H2,1-4H3. The molecule has 0 bridgehead atoms. The maximum Gasteiger partial charge on any atom is 0.232 e. The maximum atomic E-state index is 5.18. The van der Waals surface area contributed by atoms with Crippen LogP contribution in [-0.2, 0) is 0 Å². The van der Waals surface area contributed by atoms with Gasteiger partial charge >= 0.3 is 0 Å². The van der Waals surface area contributed by atoms with Crippen molar-refractivity contribution in [1.82, 2.24) is 15.3 Å². The van der Waals surface area contributed by atoms with E-state index in [1.807, 2.05) is 0 Å². The van der Waals surface area contributed by atoms with Crippen LogP contribution >= 0.6 is 0 Å². The Morgan fingerprint density at radius 3 is 2.39 bits per heavy atom. The molecule has 6 nitrogen and oxygen atoms in total. The lowest BCUT2D eigenvalue weighted by molar-refractivity contribution is 0.366. The molecule has 1 aromatic rings. The van der Waals surface area contributed by atoms with Crippen LogP contribution in [0, 0.1) is 0 Å². The Hall–Kier alpha value is -1.56. The second kappa shape index (κ2) is 5.39. The van der Waals surface area contributed by atoms with Crippen LogP contribution in [-0.4, -0.2) is 49.4 Å². The van der Waals surface area contributed by atoms with E-state index >= 15 is 0 Å². The number of ether oxygens (including phenoxy) is 2. The van der Waals surface area contributed by atoms with E-state index in [0.717, 1.165) is 13.1 Å². The Kier molecular flexibility index (Phi) is 3.86. The molecule has 0 aromatic carbocycles. The summed E-state index contributed by atoms with van der Waals surface area (Å²) in [6.07, 6.45) is 0. The Morgan fingerprint density at radius 2 is 1.83 bits per heavy atom. The van der Waals surface area contributed by atoms with Gasteiger partial charge in [0.15, 0.2) is 0 Å². The first-order valence-corrected chi connectivity index (χ1v) is 6.11. The molecule has 1 N–H and O–H groups in total. The molecule has 2 unspecified atom stereocenters. The van der Waals surface area contributed by atoms with Gasteiger partial charge in [-0.15, -0.1) is 0 Å². The summed E-state index contributed by atoms with van der Waals surface area (Å²) in [5.41, 5.74) is 0. The number of aromatic nitrogens is 2. The minimum absolute atomic E-state index is 0.345. The molecule has 1 aromatic heterocycles. The van der Waals surface area contributed by atoms with E-state index in [9.17, 15) is 0 Å². The molecular formula is C12H20N4O2. The first kappa shape index (κ1) is 12.9. The van der Waals surface area contributed by atoms with Gasteiger partial charge in [0.05, 0.1) is 20.3 Å². The molecule has 1 fully saturated rings. The van der Waals surface area contributed by atoms with Crippen LogP contribution in [0.3, 0.4) is 0 Å². The monoisotopic (exact) mass is 252 g/mol. The van der Waals surface area contributed by atoms with Crippen molar-refractivity contribution in [2.24, 2.45) is 0 Å². The molecule has 2 atom stereocenters. The fourth-order valence-corrected chi connectivity index (χ4v) is 2.03. The van der Waals surface area contributed by atoms with Crippen LogP contribution in [0.25, 0.3) is 0 Å². The highest BCUT2D eigenvalue weighted by atomic mass is 16.5. The van der Waals surface area contributed by atoms with Gasteiger partial charge in [-0.1, -0.05) is 0 Å². The highest BCUT2D eigenvalue weighted by Gasteiger charge is 2.25. The molecule has 2 heterocycles. The fourth-order valence-electron chi connectivity index (χ4n) is 2.03. The molecule has 1 saturated heterocycles. The molecule has 1 aliphatic rings. The lowest BCUT2D eigenvalue weighted by Crippen LogP contribution is -2.55. The van der Waals surface area contributed by atoms with E-state index in [0.29, 0.717) is 29.8 Å². The second-order valence-corrected chi connectivity index (χ2v) is 4.56. The van der Waals surface area contributed by atoms with Crippen molar-refractivity contribution in [3.05, 3.63) is 6.07 Å². The molecule has 18 heavy (non-hydrogen) atoms. The molecule has 0 saturated carbocycles. The van der Waals surface area contributed by atoms with E-state index in [4.69, 9.17) is 9.47 Å². The number of rotatable bonds is 3. The summed E-state index contributed by atoms with van der Waals surface area (Å²) in [5.74, 6) is 1.71. The minimum atomic E-state index is 0.345. The van der Waals surface area contributed by atoms with Crippen LogP contribution in [0.5, 0.6) is 11.8 Å². The SMILES string of the molecule is COc1cc(OC)nc(N2CC(C)NCC2C)n1. The van der Waals surface area contributed by atoms with Gasteiger partial charge in [-0.25, -0.2) is 0 Å². The highest BCUT2D eigenvalue weighted by Crippen LogP contribution is 2.22. The van der Waals surface area contributed by atoms with Gasteiger partial charge in [-0.05, 0) is 13.8 Å². The van der Waals surface area contributed by atoms with E-state index in [1.54, 1.807) is 20.3 Å². The van der Waals surface area contributed by atoms with E-state index < -0.39 is 0 Å². The van der Waals surface area contributed by atoms with Gasteiger partial charge in [-0.3, -0.25) is 0 Å². The van der Waals surface area contributed by atoms with Gasteiger partial charge in [0.2, 0.25) is 17.7 Å². The second-order valence-electron chi connectivity index (χ2n) is 4.56. The van der Waals surface area contributed by atoms with Crippen molar-refractivity contribution in [2.45, 2.75) is 25.9 Å². The Balaban J connectivity index is 2.30. The Labute approximate surface area is 107 Å². The van der Waals surface area contributed by atoms with Gasteiger partial charge in [-0.2, -0.15) is 9.97 Å². The number of nitrogens with zero attached hydrogens (tertiary/aromatic N) is 3. The number of methoxy groups -OCH3 is 2. The summed E-state index contributed by atoms with van der Waals surface area (Å²) in [6, 6.07) is 2.44. The molecule has 6 heteroatoms. The van der Waals surface area contributed by atoms with Crippen LogP contribution in [0.1, 0.15) is 13.8 Å². The molecular weight excluding hydrogens is 232 g/mol. The summed E-state index contributed by atoms with van der Waals surface area (Å²) in [6.45, 7) is 6.09. The third-order valence-electron chi connectivity index (χ3n) is 3.11. The van der Waals surface area contributed by atoms with E-state index in [2.05, 4.69) is 34.0 Å². The predicted molar refractivity (Wildman–Crippen MR) is 69.4 cm³/mol. The Morgan fingerprint density at radius 1 is 1.22 bits per heavy atom. The molecule has 100 valence electrons. The van der Waals surface area contributed by atoms with Crippen molar-refractivity contribution in [3.8, 4) is 11.8 Å². The number of hydrogen-bond acceptors (Lipinski definition) is 6. The smallest absolute Gasteiger partial charge is 0.232 e. The quantitative estimate of drug-likeness (QED) is 0.853. The zero-order valence-electron chi connectivity index (χ0n) is 11.3. The summed E-state index contributed by atoms with van der Waals surface area (Å²) >= 11 is 0. The van der Waals surface area contributed by atoms with Crippen LogP contribution in [0.2, 0.25) is 0 Å². The zero-order valence-corrected chi connectivity index (χ0v) is 11.3.